The molecule has 7 nitrogen and oxygen atoms in total. The second-order valence-electron chi connectivity index (χ2n) is 6.36. The van der Waals surface area contributed by atoms with E-state index in [0.717, 1.165) is 16.7 Å². The number of ether oxygens (including phenoxy) is 4. The zero-order chi connectivity index (χ0) is 22.2. The van der Waals surface area contributed by atoms with Crippen molar-refractivity contribution in [1.29, 1.82) is 0 Å². The van der Waals surface area contributed by atoms with E-state index in [9.17, 15) is 9.59 Å². The zero-order valence-electron chi connectivity index (χ0n) is 17.1. The van der Waals surface area contributed by atoms with Crippen LogP contribution < -0.4 is 14.2 Å². The number of para-hydroxylation sites is 1. The van der Waals surface area contributed by atoms with Crippen molar-refractivity contribution in [2.75, 3.05) is 40.6 Å². The molecule has 1 aliphatic heterocycles. The third kappa shape index (κ3) is 5.94. The first kappa shape index (κ1) is 23.0. The second-order valence-corrected chi connectivity index (χ2v) is 7.76. The van der Waals surface area contributed by atoms with Gasteiger partial charge < -0.3 is 18.9 Å². The number of hydrogen-bond acceptors (Lipinski definition) is 7. The molecule has 0 spiro atoms. The molecular weight excluding hydrogens is 442 g/mol. The van der Waals surface area contributed by atoms with Crippen molar-refractivity contribution < 1.29 is 28.5 Å². The first-order chi connectivity index (χ1) is 15.0. The molecule has 0 aromatic heterocycles. The van der Waals surface area contributed by atoms with Crippen LogP contribution in [0.4, 0.5) is 4.79 Å². The molecule has 1 fully saturated rings. The van der Waals surface area contributed by atoms with Gasteiger partial charge in [0.25, 0.3) is 11.1 Å². The monoisotopic (exact) mass is 463 g/mol. The minimum Gasteiger partial charge on any atom is -0.493 e. The number of halogens is 1. The lowest BCUT2D eigenvalue weighted by atomic mass is 10.2. The van der Waals surface area contributed by atoms with Gasteiger partial charge in [-0.1, -0.05) is 29.8 Å². The van der Waals surface area contributed by atoms with Crippen molar-refractivity contribution in [3.8, 4) is 17.2 Å². The maximum atomic E-state index is 12.7. The Bertz CT molecular complexity index is 980. The average Bonchev–Trinajstić information content (AvgIpc) is 3.03. The van der Waals surface area contributed by atoms with Crippen LogP contribution in [0.2, 0.25) is 5.02 Å². The van der Waals surface area contributed by atoms with Crippen molar-refractivity contribution in [2.24, 2.45) is 0 Å². The van der Waals surface area contributed by atoms with Gasteiger partial charge in [-0.2, -0.15) is 0 Å². The fourth-order valence-electron chi connectivity index (χ4n) is 2.78. The van der Waals surface area contributed by atoms with E-state index in [1.54, 1.807) is 55.7 Å². The van der Waals surface area contributed by atoms with Crippen molar-refractivity contribution in [3.05, 3.63) is 58.0 Å². The van der Waals surface area contributed by atoms with Gasteiger partial charge >= 0.3 is 0 Å². The molecule has 1 saturated heterocycles. The second kappa shape index (κ2) is 11.1. The minimum absolute atomic E-state index is 0.128. The van der Waals surface area contributed by atoms with Crippen molar-refractivity contribution in [1.82, 2.24) is 4.90 Å². The summed E-state index contributed by atoms with van der Waals surface area (Å²) < 4.78 is 21.5. The number of benzene rings is 2. The van der Waals surface area contributed by atoms with Crippen LogP contribution in [0.25, 0.3) is 6.08 Å². The van der Waals surface area contributed by atoms with E-state index < -0.39 is 0 Å². The molecule has 0 N–H and O–H groups in total. The predicted molar refractivity (Wildman–Crippen MR) is 120 cm³/mol. The van der Waals surface area contributed by atoms with Crippen LogP contribution in [0.5, 0.6) is 17.2 Å². The summed E-state index contributed by atoms with van der Waals surface area (Å²) in [6.07, 6.45) is 1.65. The zero-order valence-corrected chi connectivity index (χ0v) is 18.7. The molecule has 0 aliphatic carbocycles. The van der Waals surface area contributed by atoms with Gasteiger partial charge in [0.1, 0.15) is 19.0 Å². The topological polar surface area (TPSA) is 74.3 Å². The number of nitrogens with zero attached hydrogens (tertiary/aromatic N) is 1. The summed E-state index contributed by atoms with van der Waals surface area (Å²) in [5, 5.41) is 0.130. The van der Waals surface area contributed by atoms with Crippen molar-refractivity contribution in [3.63, 3.8) is 0 Å². The Labute approximate surface area is 189 Å². The molecule has 0 bridgehead atoms. The molecule has 0 radical (unpaired) electrons. The summed E-state index contributed by atoms with van der Waals surface area (Å²) in [4.78, 5) is 26.5. The maximum absolute atomic E-state index is 12.7. The van der Waals surface area contributed by atoms with Crippen LogP contribution in [0.1, 0.15) is 5.56 Å². The van der Waals surface area contributed by atoms with E-state index in [1.165, 1.54) is 7.11 Å². The molecule has 164 valence electrons. The van der Waals surface area contributed by atoms with Crippen molar-refractivity contribution >= 4 is 40.6 Å². The SMILES string of the molecule is COCCOc1ccc(/C=C2\SC(=O)N(CCOc3ccccc3Cl)C2=O)cc1OC. The van der Waals surface area contributed by atoms with E-state index in [4.69, 9.17) is 30.5 Å². The molecule has 1 heterocycles. The third-order valence-electron chi connectivity index (χ3n) is 4.31. The molecule has 0 saturated carbocycles. The summed E-state index contributed by atoms with van der Waals surface area (Å²) in [6, 6.07) is 12.3. The van der Waals surface area contributed by atoms with Crippen LogP contribution in [0.15, 0.2) is 47.4 Å². The Morgan fingerprint density at radius 3 is 2.48 bits per heavy atom. The summed E-state index contributed by atoms with van der Waals surface area (Å²) in [7, 11) is 3.13. The summed E-state index contributed by atoms with van der Waals surface area (Å²) >= 11 is 6.94. The summed E-state index contributed by atoms with van der Waals surface area (Å²) in [6.45, 7) is 1.12. The normalized spacial score (nSPS) is 14.9. The number of carbonyl (C=O) groups excluding carboxylic acids is 2. The van der Waals surface area contributed by atoms with Crippen LogP contribution >= 0.6 is 23.4 Å². The lowest BCUT2D eigenvalue weighted by molar-refractivity contribution is -0.123. The Balaban J connectivity index is 1.64. The van der Waals surface area contributed by atoms with Gasteiger partial charge in [0.05, 0.1) is 30.2 Å². The lowest BCUT2D eigenvalue weighted by Gasteiger charge is -2.13. The summed E-state index contributed by atoms with van der Waals surface area (Å²) in [5.41, 5.74) is 0.716. The molecule has 2 aromatic rings. The average molecular weight is 464 g/mol. The highest BCUT2D eigenvalue weighted by Gasteiger charge is 2.34. The fourth-order valence-corrected chi connectivity index (χ4v) is 3.84. The van der Waals surface area contributed by atoms with Crippen LogP contribution in [-0.2, 0) is 9.53 Å². The van der Waals surface area contributed by atoms with Gasteiger partial charge in [-0.3, -0.25) is 14.5 Å². The maximum Gasteiger partial charge on any atom is 0.293 e. The number of hydrogen-bond donors (Lipinski definition) is 0. The van der Waals surface area contributed by atoms with Crippen LogP contribution in [0.3, 0.4) is 0 Å². The number of rotatable bonds is 10. The smallest absolute Gasteiger partial charge is 0.293 e. The highest BCUT2D eigenvalue weighted by Crippen LogP contribution is 2.34. The quantitative estimate of drug-likeness (QED) is 0.379. The van der Waals surface area contributed by atoms with E-state index in [2.05, 4.69) is 0 Å². The molecule has 2 amide bonds. The fraction of sp³-hybridized carbons (Fsp3) is 0.273. The Hall–Kier alpha value is -2.68. The number of thioether (sulfide) groups is 1. The molecule has 3 rings (SSSR count). The number of methoxy groups -OCH3 is 2. The molecule has 2 aromatic carbocycles. The van der Waals surface area contributed by atoms with E-state index in [1.807, 2.05) is 0 Å². The van der Waals surface area contributed by atoms with Gasteiger partial charge in [-0.05, 0) is 47.7 Å². The largest absolute Gasteiger partial charge is 0.493 e. The number of imide groups is 1. The van der Waals surface area contributed by atoms with Gasteiger partial charge in [0.15, 0.2) is 11.5 Å². The Morgan fingerprint density at radius 2 is 1.74 bits per heavy atom. The van der Waals surface area contributed by atoms with E-state index in [-0.39, 0.29) is 24.3 Å². The standard InChI is InChI=1S/C22H22ClNO6S/c1-27-11-12-30-18-8-7-15(13-19(18)28-2)14-20-21(25)24(22(26)31-20)9-10-29-17-6-4-3-5-16(17)23/h3-8,13-14H,9-12H2,1-2H3/b20-14-. The predicted octanol–water partition coefficient (Wildman–Crippen LogP) is 4.49. The molecule has 31 heavy (non-hydrogen) atoms. The molecule has 9 heteroatoms. The van der Waals surface area contributed by atoms with Gasteiger partial charge in [0, 0.05) is 7.11 Å². The number of carbonyl (C=O) groups is 2. The molecule has 0 atom stereocenters. The van der Waals surface area contributed by atoms with E-state index >= 15 is 0 Å². The highest BCUT2D eigenvalue weighted by molar-refractivity contribution is 8.18. The Morgan fingerprint density at radius 1 is 0.968 bits per heavy atom. The van der Waals surface area contributed by atoms with Crippen molar-refractivity contribution in [2.45, 2.75) is 0 Å². The third-order valence-corrected chi connectivity index (χ3v) is 5.53. The van der Waals surface area contributed by atoms with Crippen LogP contribution in [-0.4, -0.2) is 56.6 Å². The molecule has 1 aliphatic rings. The van der Waals surface area contributed by atoms with Gasteiger partial charge in [-0.25, -0.2) is 0 Å². The molecular formula is C22H22ClNO6S. The Kier molecular flexibility index (Phi) is 8.22. The van der Waals surface area contributed by atoms with Gasteiger partial charge in [0.2, 0.25) is 0 Å². The summed E-state index contributed by atoms with van der Waals surface area (Å²) in [5.74, 6) is 1.24. The number of amides is 2. The van der Waals surface area contributed by atoms with Gasteiger partial charge in [-0.15, -0.1) is 0 Å². The minimum atomic E-state index is -0.364. The van der Waals surface area contributed by atoms with Crippen LogP contribution in [0, 0.1) is 0 Å². The first-order valence-corrected chi connectivity index (χ1v) is 10.7. The lowest BCUT2D eigenvalue weighted by Crippen LogP contribution is -2.32. The highest BCUT2D eigenvalue weighted by atomic mass is 35.5. The molecule has 0 unspecified atom stereocenters. The van der Waals surface area contributed by atoms with E-state index in [0.29, 0.717) is 46.0 Å². The first-order valence-electron chi connectivity index (χ1n) is 9.46.